The van der Waals surface area contributed by atoms with Crippen LogP contribution >= 0.6 is 11.8 Å². The molecule has 1 aliphatic rings. The maximum Gasteiger partial charge on any atom is 0.387 e. The van der Waals surface area contributed by atoms with Gasteiger partial charge in [0, 0.05) is 0 Å². The smallest absolute Gasteiger partial charge is 0.387 e. The van der Waals surface area contributed by atoms with Crippen molar-refractivity contribution in [3.8, 4) is 11.5 Å². The normalized spacial score (nSPS) is 14.5. The number of halogens is 2. The Hall–Kier alpha value is -4.26. The van der Waals surface area contributed by atoms with Crippen LogP contribution in [0.5, 0.6) is 11.5 Å². The van der Waals surface area contributed by atoms with Gasteiger partial charge in [-0.05, 0) is 48.0 Å². The van der Waals surface area contributed by atoms with Crippen LogP contribution in [0.3, 0.4) is 0 Å². The number of hydrogen-bond donors (Lipinski definition) is 2. The van der Waals surface area contributed by atoms with Crippen molar-refractivity contribution >= 4 is 46.5 Å². The Kier molecular flexibility index (Phi) is 7.06. The van der Waals surface area contributed by atoms with Gasteiger partial charge in [-0.25, -0.2) is 4.99 Å². The monoisotopic (exact) mass is 499 g/mol. The topological polar surface area (TPSA) is 142 Å². The highest BCUT2D eigenvalue weighted by Gasteiger charge is 2.32. The first-order valence-electron chi connectivity index (χ1n) is 10.0. The van der Waals surface area contributed by atoms with Gasteiger partial charge in [0.25, 0.3) is 5.91 Å². The Labute approximate surface area is 202 Å². The summed E-state index contributed by atoms with van der Waals surface area (Å²) < 4.78 is 34.6. The summed E-state index contributed by atoms with van der Waals surface area (Å²) in [6.45, 7) is -2.96. The molecule has 2 heterocycles. The van der Waals surface area contributed by atoms with Gasteiger partial charge in [0.1, 0.15) is 23.0 Å². The zero-order chi connectivity index (χ0) is 24.9. The first-order chi connectivity index (χ1) is 16.8. The van der Waals surface area contributed by atoms with E-state index in [1.807, 2.05) is 0 Å². The molecule has 1 aromatic heterocycles. The average molecular weight is 500 g/mol. The number of ether oxygens (including phenoxy) is 2. The zero-order valence-electron chi connectivity index (χ0n) is 18.3. The molecule has 3 aromatic rings. The fourth-order valence-electron chi connectivity index (χ4n) is 3.11. The molecule has 0 aliphatic carbocycles. The van der Waals surface area contributed by atoms with Crippen LogP contribution in [0.2, 0.25) is 0 Å². The Bertz CT molecular complexity index is 1260. The standard InChI is InChI=1S/C22H19F2N7O3S/c1-33-14-6-2-12(3-7-14)10-16-18(32)31(13-4-8-15(9-5-13)34-19(23)24)22(27-16)35-11-17-28-20(25)30-21(26)29-17/h2-10,19H,11H2,1H3,(H4,25,26,28,29,30)/b16-10-. The Morgan fingerprint density at radius 3 is 2.23 bits per heavy atom. The molecule has 0 radical (unpaired) electrons. The molecule has 1 aliphatic heterocycles. The number of carbonyl (C=O) groups excluding carboxylic acids is 1. The van der Waals surface area contributed by atoms with Crippen LogP contribution in [-0.4, -0.2) is 39.7 Å². The van der Waals surface area contributed by atoms with Gasteiger partial charge in [-0.3, -0.25) is 9.69 Å². The van der Waals surface area contributed by atoms with Crippen LogP contribution < -0.4 is 25.8 Å². The minimum Gasteiger partial charge on any atom is -0.497 e. The molecule has 13 heteroatoms. The van der Waals surface area contributed by atoms with E-state index in [0.717, 1.165) is 5.56 Å². The highest BCUT2D eigenvalue weighted by Crippen LogP contribution is 2.32. The third kappa shape index (κ3) is 5.81. The van der Waals surface area contributed by atoms with E-state index in [0.29, 0.717) is 22.4 Å². The minimum atomic E-state index is -2.96. The Balaban J connectivity index is 1.64. The number of alkyl halides is 2. The van der Waals surface area contributed by atoms with Gasteiger partial charge >= 0.3 is 6.61 Å². The third-order valence-electron chi connectivity index (χ3n) is 4.62. The van der Waals surface area contributed by atoms with Gasteiger partial charge < -0.3 is 20.9 Å². The van der Waals surface area contributed by atoms with E-state index < -0.39 is 12.5 Å². The third-order valence-corrected chi connectivity index (χ3v) is 5.55. The summed E-state index contributed by atoms with van der Waals surface area (Å²) in [6, 6.07) is 12.8. The van der Waals surface area contributed by atoms with Crippen molar-refractivity contribution in [2.24, 2.45) is 4.99 Å². The van der Waals surface area contributed by atoms with Gasteiger partial charge in [0.2, 0.25) is 11.9 Å². The van der Waals surface area contributed by atoms with E-state index in [1.54, 1.807) is 37.5 Å². The zero-order valence-corrected chi connectivity index (χ0v) is 19.1. The van der Waals surface area contributed by atoms with Crippen molar-refractivity contribution in [2.75, 3.05) is 23.5 Å². The number of aliphatic imine (C=N–C) groups is 1. The quantitative estimate of drug-likeness (QED) is 0.468. The van der Waals surface area contributed by atoms with Crippen LogP contribution in [0.1, 0.15) is 11.4 Å². The molecule has 10 nitrogen and oxygen atoms in total. The molecular weight excluding hydrogens is 480 g/mol. The number of benzene rings is 2. The van der Waals surface area contributed by atoms with Crippen LogP contribution in [0.15, 0.2) is 59.2 Å². The summed E-state index contributed by atoms with van der Waals surface area (Å²) in [5.41, 5.74) is 12.6. The minimum absolute atomic E-state index is 0.0240. The fourth-order valence-corrected chi connectivity index (χ4v) is 3.97. The number of amides is 1. The molecule has 4 N–H and O–H groups in total. The number of thioether (sulfide) groups is 1. The van der Waals surface area contributed by atoms with Crippen molar-refractivity contribution in [1.29, 1.82) is 0 Å². The predicted molar refractivity (Wildman–Crippen MR) is 129 cm³/mol. The Morgan fingerprint density at radius 2 is 1.63 bits per heavy atom. The molecule has 4 rings (SSSR count). The molecular formula is C22H19F2N7O3S. The second kappa shape index (κ2) is 10.3. The number of nitrogen functional groups attached to an aromatic ring is 2. The van der Waals surface area contributed by atoms with Crippen LogP contribution in [0, 0.1) is 0 Å². The first-order valence-corrected chi connectivity index (χ1v) is 11.0. The molecule has 35 heavy (non-hydrogen) atoms. The Morgan fingerprint density at radius 1 is 1.00 bits per heavy atom. The van der Waals surface area contributed by atoms with Crippen molar-refractivity contribution in [1.82, 2.24) is 15.0 Å². The number of rotatable bonds is 7. The largest absolute Gasteiger partial charge is 0.497 e. The lowest BCUT2D eigenvalue weighted by Gasteiger charge is -2.18. The number of aromatic nitrogens is 3. The highest BCUT2D eigenvalue weighted by molar-refractivity contribution is 8.13. The van der Waals surface area contributed by atoms with Crippen LogP contribution in [0.4, 0.5) is 26.4 Å². The number of carbonyl (C=O) groups is 1. The SMILES string of the molecule is COc1ccc(/C=C2\N=C(SCc3nc(N)nc(N)n3)N(c3ccc(OC(F)F)cc3)C2=O)cc1. The average Bonchev–Trinajstić information content (AvgIpc) is 3.12. The van der Waals surface area contributed by atoms with Crippen LogP contribution in [0.25, 0.3) is 6.08 Å². The lowest BCUT2D eigenvalue weighted by molar-refractivity contribution is -0.113. The number of anilines is 3. The highest BCUT2D eigenvalue weighted by atomic mass is 32.2. The van der Waals surface area contributed by atoms with Crippen molar-refractivity contribution in [3.63, 3.8) is 0 Å². The van der Waals surface area contributed by atoms with E-state index in [1.165, 1.54) is 40.9 Å². The van der Waals surface area contributed by atoms with Crippen molar-refractivity contribution < 1.29 is 23.0 Å². The summed E-state index contributed by atoms with van der Waals surface area (Å²) in [6.07, 6.45) is 1.63. The van der Waals surface area contributed by atoms with Gasteiger partial charge in [-0.15, -0.1) is 0 Å². The van der Waals surface area contributed by atoms with E-state index in [2.05, 4.69) is 24.7 Å². The van der Waals surface area contributed by atoms with E-state index >= 15 is 0 Å². The lowest BCUT2D eigenvalue weighted by Crippen LogP contribution is -2.30. The molecule has 180 valence electrons. The van der Waals surface area contributed by atoms with E-state index in [-0.39, 0.29) is 29.1 Å². The molecule has 1 amide bonds. The predicted octanol–water partition coefficient (Wildman–Crippen LogP) is 3.32. The van der Waals surface area contributed by atoms with Gasteiger partial charge in [-0.2, -0.15) is 23.7 Å². The van der Waals surface area contributed by atoms with Crippen molar-refractivity contribution in [2.45, 2.75) is 12.4 Å². The molecule has 0 spiro atoms. The second-order valence-corrected chi connectivity index (χ2v) is 7.91. The summed E-state index contributed by atoms with van der Waals surface area (Å²) in [4.78, 5) is 31.0. The number of methoxy groups -OCH3 is 1. The molecule has 2 aromatic carbocycles. The second-order valence-electron chi connectivity index (χ2n) is 6.97. The van der Waals surface area contributed by atoms with E-state index in [4.69, 9.17) is 16.2 Å². The first kappa shape index (κ1) is 23.9. The summed E-state index contributed by atoms with van der Waals surface area (Å²) >= 11 is 1.18. The summed E-state index contributed by atoms with van der Waals surface area (Å²) in [7, 11) is 1.56. The van der Waals surface area contributed by atoms with Gasteiger partial charge in [-0.1, -0.05) is 23.9 Å². The van der Waals surface area contributed by atoms with Gasteiger partial charge in [0.15, 0.2) is 5.17 Å². The number of nitrogens with two attached hydrogens (primary N) is 2. The molecule has 0 atom stereocenters. The summed E-state index contributed by atoms with van der Waals surface area (Å²) in [5.74, 6) is 0.694. The molecule has 0 saturated heterocycles. The maximum absolute atomic E-state index is 13.3. The summed E-state index contributed by atoms with van der Waals surface area (Å²) in [5, 5.41) is 0.329. The van der Waals surface area contributed by atoms with Crippen molar-refractivity contribution in [3.05, 3.63) is 65.6 Å². The molecule has 0 fully saturated rings. The molecule has 0 saturated carbocycles. The number of hydrogen-bond acceptors (Lipinski definition) is 10. The van der Waals surface area contributed by atoms with E-state index in [9.17, 15) is 13.6 Å². The van der Waals surface area contributed by atoms with Crippen LogP contribution in [-0.2, 0) is 10.5 Å². The maximum atomic E-state index is 13.3. The molecule has 0 bridgehead atoms. The van der Waals surface area contributed by atoms with Gasteiger partial charge in [0.05, 0.1) is 18.6 Å². The lowest BCUT2D eigenvalue weighted by atomic mass is 10.2. The fraction of sp³-hybridized carbons (Fsp3) is 0.136. The number of nitrogens with zero attached hydrogens (tertiary/aromatic N) is 5. The molecule has 0 unspecified atom stereocenters. The number of amidine groups is 1.